The van der Waals surface area contributed by atoms with Gasteiger partial charge in [0.15, 0.2) is 5.15 Å². The maximum absolute atomic E-state index is 5.93. The van der Waals surface area contributed by atoms with Crippen molar-refractivity contribution in [3.8, 4) is 0 Å². The summed E-state index contributed by atoms with van der Waals surface area (Å²) in [5.74, 6) is 0. The fraction of sp³-hybridized carbons (Fsp3) is 0.500. The zero-order valence-electron chi connectivity index (χ0n) is 8.67. The van der Waals surface area contributed by atoms with E-state index in [0.29, 0.717) is 11.8 Å². The van der Waals surface area contributed by atoms with Crippen LogP contribution in [0.5, 0.6) is 0 Å². The van der Waals surface area contributed by atoms with Crippen molar-refractivity contribution < 1.29 is 4.74 Å². The molecule has 0 aliphatic rings. The Morgan fingerprint density at radius 3 is 3.00 bits per heavy atom. The van der Waals surface area contributed by atoms with Crippen LogP contribution < -0.4 is 5.32 Å². The first-order valence-electron chi connectivity index (χ1n) is 4.51. The Morgan fingerprint density at radius 1 is 1.64 bits per heavy atom. The highest BCUT2D eigenvalue weighted by Gasteiger charge is 2.05. The fourth-order valence-corrected chi connectivity index (χ4v) is 1.37. The lowest BCUT2D eigenvalue weighted by atomic mass is 10.2. The molecule has 1 heterocycles. The van der Waals surface area contributed by atoms with E-state index in [4.69, 9.17) is 16.3 Å². The highest BCUT2D eigenvalue weighted by molar-refractivity contribution is 6.31. The zero-order valence-corrected chi connectivity index (χ0v) is 9.43. The highest BCUT2D eigenvalue weighted by atomic mass is 35.5. The molecular weight excluding hydrogens is 200 g/mol. The molecular formula is C10H15ClN2O. The topological polar surface area (TPSA) is 34.1 Å². The number of halogens is 1. The predicted octanol–water partition coefficient (Wildman–Crippen LogP) is 2.49. The van der Waals surface area contributed by atoms with Gasteiger partial charge in [0, 0.05) is 19.3 Å². The third kappa shape index (κ3) is 3.16. The zero-order chi connectivity index (χ0) is 10.6. The third-order valence-electron chi connectivity index (χ3n) is 1.79. The second-order valence-corrected chi connectivity index (χ2v) is 3.71. The molecule has 0 aromatic carbocycles. The number of anilines is 1. The monoisotopic (exact) mass is 214 g/mol. The molecule has 4 heteroatoms. The molecule has 1 aromatic rings. The van der Waals surface area contributed by atoms with Gasteiger partial charge in [0.1, 0.15) is 0 Å². The molecule has 1 N–H and O–H groups in total. The molecule has 0 saturated carbocycles. The molecule has 3 nitrogen and oxygen atoms in total. The van der Waals surface area contributed by atoms with Gasteiger partial charge in [0.25, 0.3) is 0 Å². The largest absolute Gasteiger partial charge is 0.383 e. The maximum Gasteiger partial charge on any atom is 0.152 e. The predicted molar refractivity (Wildman–Crippen MR) is 58.9 cm³/mol. The van der Waals surface area contributed by atoms with Crippen LogP contribution in [0, 0.1) is 6.92 Å². The summed E-state index contributed by atoms with van der Waals surface area (Å²) in [7, 11) is 1.67. The molecule has 0 aliphatic heterocycles. The summed E-state index contributed by atoms with van der Waals surface area (Å²) in [4.78, 5) is 4.05. The van der Waals surface area contributed by atoms with E-state index in [2.05, 4.69) is 10.3 Å². The molecule has 1 atom stereocenters. The summed E-state index contributed by atoms with van der Waals surface area (Å²) < 4.78 is 5.02. The van der Waals surface area contributed by atoms with Gasteiger partial charge in [-0.3, -0.25) is 0 Å². The minimum absolute atomic E-state index is 0.223. The molecule has 0 aliphatic carbocycles. The smallest absolute Gasteiger partial charge is 0.152 e. The summed E-state index contributed by atoms with van der Waals surface area (Å²) in [6.07, 6.45) is 1.74. The Kier molecular flexibility index (Phi) is 4.17. The molecule has 0 radical (unpaired) electrons. The molecule has 0 saturated heterocycles. The first kappa shape index (κ1) is 11.3. The standard InChI is InChI=1S/C10H15ClN2O/c1-7-4-9(10(11)12-5-7)13-8(2)6-14-3/h4-5,8,13H,6H2,1-3H3. The summed E-state index contributed by atoms with van der Waals surface area (Å²) in [5, 5.41) is 3.73. The quantitative estimate of drug-likeness (QED) is 0.782. The van der Waals surface area contributed by atoms with Crippen LogP contribution in [-0.4, -0.2) is 24.7 Å². The van der Waals surface area contributed by atoms with Crippen LogP contribution >= 0.6 is 11.6 Å². The molecule has 0 amide bonds. The normalized spacial score (nSPS) is 12.6. The Bertz CT molecular complexity index is 304. The number of aryl methyl sites for hydroxylation is 1. The van der Waals surface area contributed by atoms with E-state index in [0.717, 1.165) is 11.3 Å². The van der Waals surface area contributed by atoms with Crippen LogP contribution in [0.15, 0.2) is 12.3 Å². The number of methoxy groups -OCH3 is 1. The average molecular weight is 215 g/mol. The van der Waals surface area contributed by atoms with E-state index in [9.17, 15) is 0 Å². The Morgan fingerprint density at radius 2 is 2.36 bits per heavy atom. The van der Waals surface area contributed by atoms with Crippen molar-refractivity contribution in [1.82, 2.24) is 4.98 Å². The molecule has 1 aromatic heterocycles. The van der Waals surface area contributed by atoms with Gasteiger partial charge in [-0.05, 0) is 25.5 Å². The van der Waals surface area contributed by atoms with E-state index < -0.39 is 0 Å². The van der Waals surface area contributed by atoms with Crippen LogP contribution in [0.25, 0.3) is 0 Å². The Hall–Kier alpha value is -0.800. The number of nitrogens with zero attached hydrogens (tertiary/aromatic N) is 1. The number of rotatable bonds is 4. The van der Waals surface area contributed by atoms with Crippen LogP contribution in [0.3, 0.4) is 0 Å². The van der Waals surface area contributed by atoms with E-state index in [1.807, 2.05) is 19.9 Å². The van der Waals surface area contributed by atoms with Crippen molar-refractivity contribution >= 4 is 17.3 Å². The van der Waals surface area contributed by atoms with Gasteiger partial charge in [-0.2, -0.15) is 0 Å². The third-order valence-corrected chi connectivity index (χ3v) is 2.10. The minimum atomic E-state index is 0.223. The number of pyridine rings is 1. The summed E-state index contributed by atoms with van der Waals surface area (Å²) in [6.45, 7) is 4.65. The molecule has 78 valence electrons. The van der Waals surface area contributed by atoms with Crippen LogP contribution in [0.1, 0.15) is 12.5 Å². The van der Waals surface area contributed by atoms with Gasteiger partial charge in [-0.15, -0.1) is 0 Å². The van der Waals surface area contributed by atoms with Crippen molar-refractivity contribution in [2.75, 3.05) is 19.0 Å². The molecule has 14 heavy (non-hydrogen) atoms. The number of ether oxygens (including phenoxy) is 1. The fourth-order valence-electron chi connectivity index (χ4n) is 1.21. The van der Waals surface area contributed by atoms with Crippen LogP contribution in [-0.2, 0) is 4.74 Å². The first-order chi connectivity index (χ1) is 6.63. The van der Waals surface area contributed by atoms with Crippen molar-refractivity contribution in [2.24, 2.45) is 0 Å². The molecule has 0 bridgehead atoms. The average Bonchev–Trinajstić information content (AvgIpc) is 2.12. The Balaban J connectivity index is 2.70. The number of aromatic nitrogens is 1. The second kappa shape index (κ2) is 5.17. The van der Waals surface area contributed by atoms with E-state index in [1.165, 1.54) is 0 Å². The summed E-state index contributed by atoms with van der Waals surface area (Å²) in [6, 6.07) is 2.20. The lowest BCUT2D eigenvalue weighted by Crippen LogP contribution is -2.21. The van der Waals surface area contributed by atoms with E-state index >= 15 is 0 Å². The van der Waals surface area contributed by atoms with Gasteiger partial charge < -0.3 is 10.1 Å². The minimum Gasteiger partial charge on any atom is -0.383 e. The first-order valence-corrected chi connectivity index (χ1v) is 4.89. The van der Waals surface area contributed by atoms with E-state index in [-0.39, 0.29) is 6.04 Å². The summed E-state index contributed by atoms with van der Waals surface area (Å²) >= 11 is 5.93. The van der Waals surface area contributed by atoms with Gasteiger partial charge in [0.2, 0.25) is 0 Å². The van der Waals surface area contributed by atoms with Crippen molar-refractivity contribution in [3.63, 3.8) is 0 Å². The van der Waals surface area contributed by atoms with Gasteiger partial charge in [-0.1, -0.05) is 11.6 Å². The SMILES string of the molecule is COCC(C)Nc1cc(C)cnc1Cl. The summed E-state index contributed by atoms with van der Waals surface area (Å²) in [5.41, 5.74) is 1.94. The van der Waals surface area contributed by atoms with Crippen molar-refractivity contribution in [1.29, 1.82) is 0 Å². The number of nitrogens with one attached hydrogen (secondary N) is 1. The molecule has 0 spiro atoms. The number of hydrogen-bond donors (Lipinski definition) is 1. The lowest BCUT2D eigenvalue weighted by Gasteiger charge is -2.15. The highest BCUT2D eigenvalue weighted by Crippen LogP contribution is 2.20. The van der Waals surface area contributed by atoms with Crippen LogP contribution in [0.4, 0.5) is 5.69 Å². The van der Waals surface area contributed by atoms with E-state index in [1.54, 1.807) is 13.3 Å². The molecule has 1 rings (SSSR count). The molecule has 0 fully saturated rings. The molecule has 1 unspecified atom stereocenters. The Labute approximate surface area is 89.4 Å². The van der Waals surface area contributed by atoms with Gasteiger partial charge in [-0.25, -0.2) is 4.98 Å². The lowest BCUT2D eigenvalue weighted by molar-refractivity contribution is 0.190. The van der Waals surface area contributed by atoms with Gasteiger partial charge >= 0.3 is 0 Å². The van der Waals surface area contributed by atoms with Gasteiger partial charge in [0.05, 0.1) is 12.3 Å². The van der Waals surface area contributed by atoms with Crippen molar-refractivity contribution in [3.05, 3.63) is 23.0 Å². The second-order valence-electron chi connectivity index (χ2n) is 3.35. The number of hydrogen-bond acceptors (Lipinski definition) is 3. The van der Waals surface area contributed by atoms with Crippen LogP contribution in [0.2, 0.25) is 5.15 Å². The maximum atomic E-state index is 5.93. The van der Waals surface area contributed by atoms with Crippen molar-refractivity contribution in [2.45, 2.75) is 19.9 Å².